The minimum absolute atomic E-state index is 0.0140. The number of halogens is 1. The highest BCUT2D eigenvalue weighted by atomic mass is 32.1. The van der Waals surface area contributed by atoms with Crippen molar-refractivity contribution >= 4 is 34.9 Å². The van der Waals surface area contributed by atoms with E-state index in [2.05, 4.69) is 48.4 Å². The normalized spacial score (nSPS) is 18.0. The Morgan fingerprint density at radius 1 is 1.32 bits per heavy atom. The molecule has 4 nitrogen and oxygen atoms in total. The molecule has 0 fully saturated rings. The van der Waals surface area contributed by atoms with E-state index in [1.807, 2.05) is 36.4 Å². The van der Waals surface area contributed by atoms with Crippen molar-refractivity contribution in [1.29, 1.82) is 0 Å². The van der Waals surface area contributed by atoms with Crippen molar-refractivity contribution in [3.05, 3.63) is 59.4 Å². The van der Waals surface area contributed by atoms with Crippen molar-refractivity contribution in [1.82, 2.24) is 5.43 Å². The van der Waals surface area contributed by atoms with Gasteiger partial charge in [-0.3, -0.25) is 5.43 Å². The van der Waals surface area contributed by atoms with Gasteiger partial charge in [-0.05, 0) is 75.2 Å². The molecule has 0 aromatic heterocycles. The molecule has 0 saturated heterocycles. The van der Waals surface area contributed by atoms with Crippen molar-refractivity contribution in [3.63, 3.8) is 0 Å². The molecular formula is C22H27FN4S. The second kappa shape index (κ2) is 8.27. The van der Waals surface area contributed by atoms with E-state index >= 15 is 0 Å². The van der Waals surface area contributed by atoms with Gasteiger partial charge in [0.15, 0.2) is 5.11 Å². The molecule has 1 unspecified atom stereocenters. The molecule has 0 spiro atoms. The monoisotopic (exact) mass is 398 g/mol. The predicted octanol–water partition coefficient (Wildman–Crippen LogP) is 5.26. The third-order valence-corrected chi connectivity index (χ3v) is 5.42. The Labute approximate surface area is 171 Å². The van der Waals surface area contributed by atoms with Gasteiger partial charge in [-0.25, -0.2) is 4.39 Å². The van der Waals surface area contributed by atoms with Gasteiger partial charge in [0, 0.05) is 29.0 Å². The number of nitrogens with one attached hydrogen (secondary N) is 2. The minimum Gasteiger partial charge on any atom is -0.366 e. The molecule has 1 aliphatic rings. The number of anilines is 2. The summed E-state index contributed by atoms with van der Waals surface area (Å²) < 4.78 is 14.7. The molecule has 0 radical (unpaired) electrons. The number of rotatable bonds is 4. The zero-order chi connectivity index (χ0) is 20.3. The molecule has 1 heterocycles. The van der Waals surface area contributed by atoms with Crippen LogP contribution in [0.25, 0.3) is 0 Å². The van der Waals surface area contributed by atoms with E-state index in [4.69, 9.17) is 12.2 Å². The first-order valence-corrected chi connectivity index (χ1v) is 9.99. The van der Waals surface area contributed by atoms with Gasteiger partial charge in [-0.2, -0.15) is 5.10 Å². The van der Waals surface area contributed by atoms with Gasteiger partial charge in [0.25, 0.3) is 0 Å². The summed E-state index contributed by atoms with van der Waals surface area (Å²) in [4.78, 5) is 2.28. The molecule has 0 amide bonds. The minimum atomic E-state index is -0.283. The molecule has 1 aliphatic heterocycles. The number of para-hydroxylation sites is 1. The maximum Gasteiger partial charge on any atom is 0.191 e. The Balaban J connectivity index is 1.76. The third kappa shape index (κ3) is 4.33. The molecule has 28 heavy (non-hydrogen) atoms. The standard InChI is InChI=1S/C22H27FN4S/c1-5-27-20-12-19(23)16(11-18(20)15(2)13-22(27,3)4)14-24-26-21(28)25-17-9-7-6-8-10-17/h6-12,14-15H,5,13H2,1-4H3,(H2,25,26,28)/b24-14+. The summed E-state index contributed by atoms with van der Waals surface area (Å²) in [6, 6.07) is 13.1. The van der Waals surface area contributed by atoms with Crippen LogP contribution in [-0.2, 0) is 0 Å². The quantitative estimate of drug-likeness (QED) is 0.419. The molecule has 6 heteroatoms. The van der Waals surface area contributed by atoms with Crippen LogP contribution in [0.3, 0.4) is 0 Å². The fourth-order valence-electron chi connectivity index (χ4n) is 4.06. The Hall–Kier alpha value is -2.47. The van der Waals surface area contributed by atoms with E-state index in [0.717, 1.165) is 29.9 Å². The maximum atomic E-state index is 14.7. The topological polar surface area (TPSA) is 39.7 Å². The first-order chi connectivity index (χ1) is 13.3. The summed E-state index contributed by atoms with van der Waals surface area (Å²) in [6.45, 7) is 9.59. The highest BCUT2D eigenvalue weighted by Gasteiger charge is 2.36. The summed E-state index contributed by atoms with van der Waals surface area (Å²) in [5.74, 6) is 0.0731. The zero-order valence-corrected chi connectivity index (χ0v) is 17.6. The molecule has 1 atom stereocenters. The Morgan fingerprint density at radius 3 is 2.71 bits per heavy atom. The lowest BCUT2D eigenvalue weighted by molar-refractivity contribution is 0.380. The predicted molar refractivity (Wildman–Crippen MR) is 120 cm³/mol. The summed E-state index contributed by atoms with van der Waals surface area (Å²) in [5, 5.41) is 7.49. The Kier molecular flexibility index (Phi) is 5.98. The van der Waals surface area contributed by atoms with Crippen LogP contribution in [0, 0.1) is 5.82 Å². The van der Waals surface area contributed by atoms with Gasteiger partial charge >= 0.3 is 0 Å². The van der Waals surface area contributed by atoms with E-state index in [-0.39, 0.29) is 11.4 Å². The maximum absolute atomic E-state index is 14.7. The molecule has 0 saturated carbocycles. The van der Waals surface area contributed by atoms with Gasteiger partial charge < -0.3 is 10.2 Å². The zero-order valence-electron chi connectivity index (χ0n) is 16.8. The molecular weight excluding hydrogens is 371 g/mol. The number of hydrogen-bond acceptors (Lipinski definition) is 3. The van der Waals surface area contributed by atoms with Crippen molar-refractivity contribution in [2.75, 3.05) is 16.8 Å². The average molecular weight is 399 g/mol. The molecule has 3 rings (SSSR count). The molecule has 0 bridgehead atoms. The second-order valence-corrected chi connectivity index (χ2v) is 8.19. The molecule has 0 aliphatic carbocycles. The lowest BCUT2D eigenvalue weighted by atomic mass is 9.79. The van der Waals surface area contributed by atoms with Crippen LogP contribution in [0.1, 0.15) is 51.2 Å². The number of thiocarbonyl (C=S) groups is 1. The summed E-state index contributed by atoms with van der Waals surface area (Å²) in [6.07, 6.45) is 2.51. The highest BCUT2D eigenvalue weighted by molar-refractivity contribution is 7.80. The number of benzene rings is 2. The van der Waals surface area contributed by atoms with Crippen LogP contribution in [0.5, 0.6) is 0 Å². The van der Waals surface area contributed by atoms with E-state index in [1.54, 1.807) is 6.07 Å². The number of hydrazone groups is 1. The lowest BCUT2D eigenvalue weighted by Gasteiger charge is -2.47. The van der Waals surface area contributed by atoms with Crippen LogP contribution in [0.2, 0.25) is 0 Å². The summed E-state index contributed by atoms with van der Waals surface area (Å²) in [5.41, 5.74) is 6.22. The van der Waals surface area contributed by atoms with Crippen molar-refractivity contribution in [2.24, 2.45) is 5.10 Å². The largest absolute Gasteiger partial charge is 0.366 e. The molecule has 148 valence electrons. The van der Waals surface area contributed by atoms with Crippen LogP contribution in [0.15, 0.2) is 47.6 Å². The first kappa shape index (κ1) is 20.3. The van der Waals surface area contributed by atoms with Crippen LogP contribution < -0.4 is 15.6 Å². The van der Waals surface area contributed by atoms with Crippen LogP contribution in [-0.4, -0.2) is 23.4 Å². The number of fused-ring (bicyclic) bond motifs is 1. The van der Waals surface area contributed by atoms with Crippen LogP contribution >= 0.6 is 12.2 Å². The molecule has 2 aromatic carbocycles. The molecule has 2 aromatic rings. The number of hydrogen-bond donors (Lipinski definition) is 2. The average Bonchev–Trinajstić information content (AvgIpc) is 2.63. The summed E-state index contributed by atoms with van der Waals surface area (Å²) >= 11 is 5.22. The van der Waals surface area contributed by atoms with Gasteiger partial charge in [-0.15, -0.1) is 0 Å². The number of nitrogens with zero attached hydrogens (tertiary/aromatic N) is 2. The Bertz CT molecular complexity index is 880. The van der Waals surface area contributed by atoms with Gasteiger partial charge in [0.2, 0.25) is 0 Å². The lowest BCUT2D eigenvalue weighted by Crippen LogP contribution is -2.48. The van der Waals surface area contributed by atoms with Crippen molar-refractivity contribution < 1.29 is 4.39 Å². The van der Waals surface area contributed by atoms with E-state index in [9.17, 15) is 4.39 Å². The smallest absolute Gasteiger partial charge is 0.191 e. The Morgan fingerprint density at radius 2 is 2.04 bits per heavy atom. The third-order valence-electron chi connectivity index (χ3n) is 5.22. The van der Waals surface area contributed by atoms with Gasteiger partial charge in [0.1, 0.15) is 5.82 Å². The SMILES string of the molecule is CCN1c2cc(F)c(/C=N/NC(=S)Nc3ccccc3)cc2C(C)CC1(C)C. The van der Waals surface area contributed by atoms with Crippen molar-refractivity contribution in [2.45, 2.75) is 45.6 Å². The van der Waals surface area contributed by atoms with E-state index < -0.39 is 0 Å². The molecule has 2 N–H and O–H groups in total. The highest BCUT2D eigenvalue weighted by Crippen LogP contribution is 2.43. The van der Waals surface area contributed by atoms with Gasteiger partial charge in [0.05, 0.1) is 6.21 Å². The first-order valence-electron chi connectivity index (χ1n) is 9.58. The fraction of sp³-hybridized carbons (Fsp3) is 0.364. The summed E-state index contributed by atoms with van der Waals surface area (Å²) in [7, 11) is 0. The van der Waals surface area contributed by atoms with Gasteiger partial charge in [-0.1, -0.05) is 25.1 Å². The fourth-order valence-corrected chi connectivity index (χ4v) is 4.23. The second-order valence-electron chi connectivity index (χ2n) is 7.78. The van der Waals surface area contributed by atoms with E-state index in [0.29, 0.717) is 16.6 Å². The van der Waals surface area contributed by atoms with Crippen LogP contribution in [0.4, 0.5) is 15.8 Å². The van der Waals surface area contributed by atoms with E-state index in [1.165, 1.54) is 6.21 Å². The van der Waals surface area contributed by atoms with Crippen molar-refractivity contribution in [3.8, 4) is 0 Å².